The zero-order valence-electron chi connectivity index (χ0n) is 12.9. The van der Waals surface area contributed by atoms with E-state index in [9.17, 15) is 0 Å². The van der Waals surface area contributed by atoms with Crippen LogP contribution < -0.4 is 5.32 Å². The maximum atomic E-state index is 3.63. The molecule has 0 aromatic carbocycles. The highest BCUT2D eigenvalue weighted by Gasteiger charge is 2.06. The van der Waals surface area contributed by atoms with Crippen LogP contribution in [0.1, 0.15) is 54.4 Å². The van der Waals surface area contributed by atoms with Crippen LogP contribution in [0, 0.1) is 11.8 Å². The Morgan fingerprint density at radius 3 is 2.06 bits per heavy atom. The van der Waals surface area contributed by atoms with E-state index in [4.69, 9.17) is 0 Å². The molecular weight excluding hydrogens is 208 g/mol. The Kier molecular flexibility index (Phi) is 9.85. The fraction of sp³-hybridized carbons (Fsp3) is 1.00. The second kappa shape index (κ2) is 9.90. The maximum Gasteiger partial charge on any atom is 0.0107 e. The first kappa shape index (κ1) is 16.9. The zero-order valence-corrected chi connectivity index (χ0v) is 12.9. The summed E-state index contributed by atoms with van der Waals surface area (Å²) in [6, 6.07) is 0.662. The summed E-state index contributed by atoms with van der Waals surface area (Å²) >= 11 is 0. The monoisotopic (exact) mass is 242 g/mol. The van der Waals surface area contributed by atoms with Gasteiger partial charge < -0.3 is 10.2 Å². The number of likely N-dealkylation sites (N-methyl/N-ethyl adjacent to an activating group) is 1. The fourth-order valence-corrected chi connectivity index (χ4v) is 2.05. The van der Waals surface area contributed by atoms with E-state index in [1.165, 1.54) is 32.5 Å². The van der Waals surface area contributed by atoms with Crippen LogP contribution in [0.25, 0.3) is 0 Å². The first-order chi connectivity index (χ1) is 7.95. The molecule has 1 unspecified atom stereocenters. The minimum absolute atomic E-state index is 0.662. The number of nitrogens with one attached hydrogen (secondary N) is 1. The van der Waals surface area contributed by atoms with E-state index in [0.717, 1.165) is 18.4 Å². The minimum Gasteiger partial charge on any atom is -0.313 e. The Hall–Kier alpha value is -0.0800. The molecule has 104 valence electrons. The second-order valence-electron chi connectivity index (χ2n) is 6.11. The Balaban J connectivity index is 3.59. The molecule has 0 aliphatic rings. The molecule has 2 nitrogen and oxygen atoms in total. The molecule has 1 atom stereocenters. The van der Waals surface area contributed by atoms with Crippen molar-refractivity contribution in [2.75, 3.05) is 26.2 Å². The van der Waals surface area contributed by atoms with Gasteiger partial charge in [0.15, 0.2) is 0 Å². The van der Waals surface area contributed by atoms with E-state index in [0.29, 0.717) is 6.04 Å². The predicted octanol–water partition coefficient (Wildman–Crippen LogP) is 3.38. The van der Waals surface area contributed by atoms with Crippen LogP contribution >= 0.6 is 0 Å². The average Bonchev–Trinajstić information content (AvgIpc) is 2.24. The summed E-state index contributed by atoms with van der Waals surface area (Å²) in [5.41, 5.74) is 0. The molecule has 2 heteroatoms. The Bertz CT molecular complexity index is 166. The third-order valence-corrected chi connectivity index (χ3v) is 3.17. The third kappa shape index (κ3) is 10.8. The summed E-state index contributed by atoms with van der Waals surface area (Å²) in [5.74, 6) is 1.60. The van der Waals surface area contributed by atoms with Gasteiger partial charge in [-0.1, -0.05) is 34.6 Å². The minimum atomic E-state index is 0.662. The van der Waals surface area contributed by atoms with E-state index in [2.05, 4.69) is 51.8 Å². The molecule has 0 spiro atoms. The normalized spacial score (nSPS) is 13.9. The van der Waals surface area contributed by atoms with E-state index in [-0.39, 0.29) is 0 Å². The molecular formula is C15H34N2. The lowest BCUT2D eigenvalue weighted by molar-refractivity contribution is 0.252. The quantitative estimate of drug-likeness (QED) is 0.632. The topological polar surface area (TPSA) is 15.3 Å². The highest BCUT2D eigenvalue weighted by Crippen LogP contribution is 2.06. The molecule has 0 radical (unpaired) electrons. The van der Waals surface area contributed by atoms with Crippen LogP contribution in [-0.4, -0.2) is 37.1 Å². The molecule has 1 N–H and O–H groups in total. The van der Waals surface area contributed by atoms with E-state index < -0.39 is 0 Å². The lowest BCUT2D eigenvalue weighted by Gasteiger charge is -2.24. The molecule has 0 bridgehead atoms. The highest BCUT2D eigenvalue weighted by atomic mass is 15.1. The van der Waals surface area contributed by atoms with Crippen molar-refractivity contribution in [2.24, 2.45) is 11.8 Å². The first-order valence-electron chi connectivity index (χ1n) is 7.41. The standard InChI is InChI=1S/C15H34N2/c1-7-17(12-14(4)5)11-10-16-15(6)9-8-13(2)3/h13-16H,7-12H2,1-6H3. The van der Waals surface area contributed by atoms with Crippen molar-refractivity contribution in [3.63, 3.8) is 0 Å². The summed E-state index contributed by atoms with van der Waals surface area (Å²) in [7, 11) is 0. The molecule has 0 heterocycles. The lowest BCUT2D eigenvalue weighted by atomic mass is 10.0. The van der Waals surface area contributed by atoms with Gasteiger partial charge in [-0.2, -0.15) is 0 Å². The Morgan fingerprint density at radius 1 is 0.941 bits per heavy atom. The van der Waals surface area contributed by atoms with Gasteiger partial charge in [-0.25, -0.2) is 0 Å². The highest BCUT2D eigenvalue weighted by molar-refractivity contribution is 4.65. The zero-order chi connectivity index (χ0) is 13.3. The molecule has 0 saturated carbocycles. The molecule has 0 saturated heterocycles. The van der Waals surface area contributed by atoms with Crippen LogP contribution in [0.3, 0.4) is 0 Å². The van der Waals surface area contributed by atoms with Gasteiger partial charge >= 0.3 is 0 Å². The van der Waals surface area contributed by atoms with Gasteiger partial charge in [-0.05, 0) is 38.1 Å². The largest absolute Gasteiger partial charge is 0.313 e. The van der Waals surface area contributed by atoms with E-state index >= 15 is 0 Å². The van der Waals surface area contributed by atoms with Gasteiger partial charge in [0.25, 0.3) is 0 Å². The van der Waals surface area contributed by atoms with Gasteiger partial charge in [0, 0.05) is 25.7 Å². The van der Waals surface area contributed by atoms with Crippen molar-refractivity contribution in [3.8, 4) is 0 Å². The molecule has 0 aromatic heterocycles. The van der Waals surface area contributed by atoms with Gasteiger partial charge in [0.05, 0.1) is 0 Å². The van der Waals surface area contributed by atoms with Crippen LogP contribution in [-0.2, 0) is 0 Å². The van der Waals surface area contributed by atoms with Crippen LogP contribution in [0.4, 0.5) is 0 Å². The molecule has 0 rings (SSSR count). The summed E-state index contributed by atoms with van der Waals surface area (Å²) < 4.78 is 0. The summed E-state index contributed by atoms with van der Waals surface area (Å²) in [4.78, 5) is 2.53. The van der Waals surface area contributed by atoms with Gasteiger partial charge in [0.2, 0.25) is 0 Å². The molecule has 0 aliphatic heterocycles. The van der Waals surface area contributed by atoms with Gasteiger partial charge in [-0.15, -0.1) is 0 Å². The SMILES string of the molecule is CCN(CCNC(C)CCC(C)C)CC(C)C. The fourth-order valence-electron chi connectivity index (χ4n) is 2.05. The Labute approximate surface area is 109 Å². The molecule has 0 amide bonds. The van der Waals surface area contributed by atoms with Crippen molar-refractivity contribution >= 4 is 0 Å². The first-order valence-corrected chi connectivity index (χ1v) is 7.41. The van der Waals surface area contributed by atoms with Crippen molar-refractivity contribution in [1.29, 1.82) is 0 Å². The van der Waals surface area contributed by atoms with Crippen molar-refractivity contribution in [3.05, 3.63) is 0 Å². The van der Waals surface area contributed by atoms with Crippen molar-refractivity contribution in [2.45, 2.75) is 60.4 Å². The second-order valence-corrected chi connectivity index (χ2v) is 6.11. The average molecular weight is 242 g/mol. The smallest absolute Gasteiger partial charge is 0.0107 e. The third-order valence-electron chi connectivity index (χ3n) is 3.17. The predicted molar refractivity (Wildman–Crippen MR) is 78.5 cm³/mol. The van der Waals surface area contributed by atoms with Gasteiger partial charge in [0.1, 0.15) is 0 Å². The number of hydrogen-bond donors (Lipinski definition) is 1. The molecule has 0 fully saturated rings. The van der Waals surface area contributed by atoms with Crippen LogP contribution in [0.15, 0.2) is 0 Å². The van der Waals surface area contributed by atoms with Gasteiger partial charge in [-0.3, -0.25) is 0 Å². The number of hydrogen-bond acceptors (Lipinski definition) is 2. The summed E-state index contributed by atoms with van der Waals surface area (Å²) in [5, 5.41) is 3.63. The van der Waals surface area contributed by atoms with Crippen molar-refractivity contribution in [1.82, 2.24) is 10.2 Å². The molecule has 0 aliphatic carbocycles. The van der Waals surface area contributed by atoms with E-state index in [1.807, 2.05) is 0 Å². The number of nitrogens with zero attached hydrogens (tertiary/aromatic N) is 1. The van der Waals surface area contributed by atoms with Crippen molar-refractivity contribution < 1.29 is 0 Å². The maximum absolute atomic E-state index is 3.63. The molecule has 0 aromatic rings. The molecule has 17 heavy (non-hydrogen) atoms. The van der Waals surface area contributed by atoms with E-state index in [1.54, 1.807) is 0 Å². The lowest BCUT2D eigenvalue weighted by Crippen LogP contribution is -2.37. The summed E-state index contributed by atoms with van der Waals surface area (Å²) in [6.07, 6.45) is 2.63. The summed E-state index contributed by atoms with van der Waals surface area (Å²) in [6.45, 7) is 18.4. The van der Waals surface area contributed by atoms with Crippen LogP contribution in [0.2, 0.25) is 0 Å². The Morgan fingerprint density at radius 2 is 1.59 bits per heavy atom. The van der Waals surface area contributed by atoms with Crippen LogP contribution in [0.5, 0.6) is 0 Å². The number of rotatable bonds is 10.